The molecule has 2 aromatic heterocycles. The van der Waals surface area contributed by atoms with Crippen LogP contribution in [0, 0.1) is 5.82 Å². The Bertz CT molecular complexity index is 894. The summed E-state index contributed by atoms with van der Waals surface area (Å²) >= 11 is 0. The molecule has 3 heterocycles. The fourth-order valence-electron chi connectivity index (χ4n) is 2.91. The Balaban J connectivity index is 1.85. The molecular weight excluding hydrogens is 321 g/mol. The number of anilines is 1. The fraction of sp³-hybridized carbons (Fsp3) is 0.333. The zero-order valence-corrected chi connectivity index (χ0v) is 14.1. The topological polar surface area (TPSA) is 54.7 Å². The molecule has 0 fully saturated rings. The SMILES string of the molecule is CN1CCNCCCOc2ccc(F)c(c2)-c2cnc3ccc1nn23. The van der Waals surface area contributed by atoms with Crippen molar-refractivity contribution in [3.8, 4) is 17.0 Å². The zero-order valence-electron chi connectivity index (χ0n) is 14.1. The number of imidazole rings is 1. The average Bonchev–Trinajstić information content (AvgIpc) is 3.04. The van der Waals surface area contributed by atoms with E-state index in [4.69, 9.17) is 4.74 Å². The smallest absolute Gasteiger partial charge is 0.154 e. The number of aromatic nitrogens is 3. The Kier molecular flexibility index (Phi) is 4.23. The Hall–Kier alpha value is -2.67. The lowest BCUT2D eigenvalue weighted by atomic mass is 10.1. The maximum Gasteiger partial charge on any atom is 0.154 e. The Morgan fingerprint density at radius 1 is 1.20 bits per heavy atom. The minimum absolute atomic E-state index is 0.319. The van der Waals surface area contributed by atoms with Gasteiger partial charge in [0.1, 0.15) is 17.4 Å². The van der Waals surface area contributed by atoms with Crippen LogP contribution in [0.25, 0.3) is 16.9 Å². The summed E-state index contributed by atoms with van der Waals surface area (Å²) in [6, 6.07) is 8.62. The third-order valence-electron chi connectivity index (χ3n) is 4.34. The first-order chi connectivity index (χ1) is 12.2. The second-order valence-corrected chi connectivity index (χ2v) is 6.12. The summed E-state index contributed by atoms with van der Waals surface area (Å²) in [5.41, 5.74) is 1.73. The van der Waals surface area contributed by atoms with Crippen LogP contribution in [0.4, 0.5) is 10.2 Å². The number of hydrogen-bond donors (Lipinski definition) is 1. The summed E-state index contributed by atoms with van der Waals surface area (Å²) in [6.07, 6.45) is 2.54. The molecule has 0 aliphatic carbocycles. The Labute approximate surface area is 145 Å². The Morgan fingerprint density at radius 2 is 2.12 bits per heavy atom. The monoisotopic (exact) mass is 341 g/mol. The standard InChI is InChI=1S/C18H20FN5O/c1-23-9-8-20-7-2-10-25-13-3-4-15(19)14(11-13)16-12-21-17-5-6-18(23)22-24(16)17/h3-6,11-12,20H,2,7-10H2,1H3. The number of nitrogens with zero attached hydrogens (tertiary/aromatic N) is 4. The molecule has 1 N–H and O–H groups in total. The number of rotatable bonds is 0. The van der Waals surface area contributed by atoms with Gasteiger partial charge in [0.2, 0.25) is 0 Å². The third-order valence-corrected chi connectivity index (χ3v) is 4.34. The molecule has 4 rings (SSSR count). The highest BCUT2D eigenvalue weighted by atomic mass is 19.1. The number of fused-ring (bicyclic) bond motifs is 4. The zero-order chi connectivity index (χ0) is 17.2. The van der Waals surface area contributed by atoms with Crippen molar-refractivity contribution in [3.63, 3.8) is 0 Å². The minimum Gasteiger partial charge on any atom is -0.494 e. The highest BCUT2D eigenvalue weighted by Gasteiger charge is 2.15. The minimum atomic E-state index is -0.319. The molecule has 25 heavy (non-hydrogen) atoms. The van der Waals surface area contributed by atoms with Crippen LogP contribution in [-0.2, 0) is 0 Å². The van der Waals surface area contributed by atoms with E-state index < -0.39 is 0 Å². The molecule has 130 valence electrons. The van der Waals surface area contributed by atoms with Gasteiger partial charge in [-0.25, -0.2) is 13.9 Å². The van der Waals surface area contributed by atoms with Gasteiger partial charge >= 0.3 is 0 Å². The normalized spacial score (nSPS) is 15.7. The van der Waals surface area contributed by atoms with Crippen LogP contribution in [0.15, 0.2) is 36.5 Å². The molecule has 4 bridgehead atoms. The van der Waals surface area contributed by atoms with Crippen molar-refractivity contribution in [2.24, 2.45) is 0 Å². The van der Waals surface area contributed by atoms with Crippen molar-refractivity contribution in [1.29, 1.82) is 0 Å². The molecule has 0 atom stereocenters. The van der Waals surface area contributed by atoms with Crippen LogP contribution < -0.4 is 15.0 Å². The molecular formula is C18H20FN5O. The highest BCUT2D eigenvalue weighted by molar-refractivity contribution is 5.66. The van der Waals surface area contributed by atoms with Crippen LogP contribution >= 0.6 is 0 Å². The summed E-state index contributed by atoms with van der Waals surface area (Å²) < 4.78 is 21.9. The van der Waals surface area contributed by atoms with E-state index in [0.717, 1.165) is 31.9 Å². The molecule has 0 unspecified atom stereocenters. The number of halogens is 1. The predicted molar refractivity (Wildman–Crippen MR) is 94.6 cm³/mol. The van der Waals surface area contributed by atoms with Crippen LogP contribution in [-0.4, -0.2) is 47.9 Å². The van der Waals surface area contributed by atoms with Gasteiger partial charge in [-0.2, -0.15) is 0 Å². The van der Waals surface area contributed by atoms with Crippen molar-refractivity contribution in [1.82, 2.24) is 19.9 Å². The van der Waals surface area contributed by atoms with Crippen LogP contribution in [0.1, 0.15) is 6.42 Å². The molecule has 0 amide bonds. The number of ether oxygens (including phenoxy) is 1. The third kappa shape index (κ3) is 3.15. The van der Waals surface area contributed by atoms with E-state index in [2.05, 4.69) is 20.3 Å². The second kappa shape index (κ2) is 6.68. The predicted octanol–water partition coefficient (Wildman–Crippen LogP) is 2.34. The van der Waals surface area contributed by atoms with Crippen LogP contribution in [0.2, 0.25) is 0 Å². The molecule has 7 heteroatoms. The largest absolute Gasteiger partial charge is 0.494 e. The van der Waals surface area contributed by atoms with Gasteiger partial charge in [0.25, 0.3) is 0 Å². The summed E-state index contributed by atoms with van der Waals surface area (Å²) in [7, 11) is 1.99. The van der Waals surface area contributed by atoms with E-state index in [9.17, 15) is 4.39 Å². The molecule has 0 radical (unpaired) electrons. The van der Waals surface area contributed by atoms with Gasteiger partial charge in [-0.3, -0.25) is 0 Å². The molecule has 0 saturated carbocycles. The van der Waals surface area contributed by atoms with Crippen molar-refractivity contribution in [2.75, 3.05) is 38.2 Å². The first-order valence-corrected chi connectivity index (χ1v) is 8.42. The quantitative estimate of drug-likeness (QED) is 0.680. The van der Waals surface area contributed by atoms with Crippen molar-refractivity contribution >= 4 is 11.5 Å². The van der Waals surface area contributed by atoms with Crippen LogP contribution in [0.3, 0.4) is 0 Å². The summed E-state index contributed by atoms with van der Waals surface area (Å²) in [5.74, 6) is 1.14. The number of benzene rings is 1. The van der Waals surface area contributed by atoms with E-state index in [1.54, 1.807) is 22.8 Å². The van der Waals surface area contributed by atoms with Gasteiger partial charge in [-0.1, -0.05) is 0 Å². The van der Waals surface area contributed by atoms with E-state index in [0.29, 0.717) is 29.3 Å². The van der Waals surface area contributed by atoms with Gasteiger partial charge in [-0.05, 0) is 43.3 Å². The van der Waals surface area contributed by atoms with E-state index in [1.807, 2.05) is 19.2 Å². The fourth-order valence-corrected chi connectivity index (χ4v) is 2.91. The van der Waals surface area contributed by atoms with Gasteiger partial charge in [0.15, 0.2) is 5.65 Å². The van der Waals surface area contributed by atoms with Gasteiger partial charge < -0.3 is 15.0 Å². The lowest BCUT2D eigenvalue weighted by Gasteiger charge is -2.18. The second-order valence-electron chi connectivity index (χ2n) is 6.12. The first-order valence-electron chi connectivity index (χ1n) is 8.42. The van der Waals surface area contributed by atoms with Crippen molar-refractivity contribution < 1.29 is 9.13 Å². The number of nitrogens with one attached hydrogen (secondary N) is 1. The Morgan fingerprint density at radius 3 is 3.04 bits per heavy atom. The summed E-state index contributed by atoms with van der Waals surface area (Å²) in [6.45, 7) is 3.14. The lowest BCUT2D eigenvalue weighted by Crippen LogP contribution is -2.30. The molecule has 1 aromatic carbocycles. The van der Waals surface area contributed by atoms with Crippen molar-refractivity contribution in [3.05, 3.63) is 42.3 Å². The molecule has 3 aromatic rings. The van der Waals surface area contributed by atoms with E-state index in [1.165, 1.54) is 6.07 Å². The van der Waals surface area contributed by atoms with E-state index >= 15 is 0 Å². The lowest BCUT2D eigenvalue weighted by molar-refractivity contribution is 0.308. The number of likely N-dealkylation sites (N-methyl/N-ethyl adjacent to an activating group) is 1. The summed E-state index contributed by atoms with van der Waals surface area (Å²) in [4.78, 5) is 6.42. The maximum absolute atomic E-state index is 14.4. The number of hydrogen-bond acceptors (Lipinski definition) is 5. The highest BCUT2D eigenvalue weighted by Crippen LogP contribution is 2.28. The van der Waals surface area contributed by atoms with Gasteiger partial charge in [0, 0.05) is 25.7 Å². The average molecular weight is 341 g/mol. The van der Waals surface area contributed by atoms with Gasteiger partial charge in [-0.15, -0.1) is 5.10 Å². The molecule has 1 aliphatic rings. The molecule has 1 aliphatic heterocycles. The molecule has 0 saturated heterocycles. The molecule has 0 spiro atoms. The van der Waals surface area contributed by atoms with E-state index in [-0.39, 0.29) is 5.82 Å². The van der Waals surface area contributed by atoms with Crippen LogP contribution in [0.5, 0.6) is 5.75 Å². The maximum atomic E-state index is 14.4. The molecule has 6 nitrogen and oxygen atoms in total. The summed E-state index contributed by atoms with van der Waals surface area (Å²) in [5, 5.41) is 8.04. The van der Waals surface area contributed by atoms with Gasteiger partial charge in [0.05, 0.1) is 18.5 Å². The first kappa shape index (κ1) is 15.8. The van der Waals surface area contributed by atoms with Crippen molar-refractivity contribution in [2.45, 2.75) is 6.42 Å².